The van der Waals surface area contributed by atoms with Crippen LogP contribution in [0, 0.1) is 6.92 Å². The Morgan fingerprint density at radius 2 is 1.90 bits per heavy atom. The molecule has 0 radical (unpaired) electrons. The molecular weight excluding hydrogens is 309 g/mol. The SMILES string of the molecule is CCCN(CC)CCNC(=O)c1cc(N)ccc1C.Cl.Cl. The summed E-state index contributed by atoms with van der Waals surface area (Å²) >= 11 is 0. The number of benzene rings is 1. The van der Waals surface area contributed by atoms with Crippen molar-refractivity contribution in [1.82, 2.24) is 10.2 Å². The molecule has 0 unspecified atom stereocenters. The van der Waals surface area contributed by atoms with Crippen LogP contribution in [-0.2, 0) is 0 Å². The molecule has 0 aliphatic heterocycles. The number of nitrogens with zero attached hydrogens (tertiary/aromatic N) is 1. The zero-order valence-electron chi connectivity index (χ0n) is 13.0. The number of carbonyl (C=O) groups excluding carboxylic acids is 1. The van der Waals surface area contributed by atoms with Crippen molar-refractivity contribution >= 4 is 36.4 Å². The van der Waals surface area contributed by atoms with Gasteiger partial charge >= 0.3 is 0 Å². The van der Waals surface area contributed by atoms with Gasteiger partial charge < -0.3 is 16.0 Å². The van der Waals surface area contributed by atoms with E-state index in [4.69, 9.17) is 5.73 Å². The highest BCUT2D eigenvalue weighted by Gasteiger charge is 2.09. The monoisotopic (exact) mass is 335 g/mol. The fourth-order valence-corrected chi connectivity index (χ4v) is 2.05. The standard InChI is InChI=1S/C15H25N3O.2ClH/c1-4-9-18(5-2)10-8-17-15(19)14-11-13(16)7-6-12(14)3;;/h6-7,11H,4-5,8-10,16H2,1-3H3,(H,17,19);2*1H. The van der Waals surface area contributed by atoms with Crippen molar-refractivity contribution in [1.29, 1.82) is 0 Å². The van der Waals surface area contributed by atoms with Crippen molar-refractivity contribution in [3.05, 3.63) is 29.3 Å². The summed E-state index contributed by atoms with van der Waals surface area (Å²) in [5.41, 5.74) is 7.95. The second kappa shape index (κ2) is 11.7. The van der Waals surface area contributed by atoms with Crippen molar-refractivity contribution in [3.63, 3.8) is 0 Å². The second-order valence-corrected chi connectivity index (χ2v) is 4.76. The average Bonchev–Trinajstić information content (AvgIpc) is 2.40. The van der Waals surface area contributed by atoms with Crippen LogP contribution in [0.3, 0.4) is 0 Å². The Morgan fingerprint density at radius 3 is 2.48 bits per heavy atom. The van der Waals surface area contributed by atoms with E-state index in [1.165, 1.54) is 0 Å². The molecule has 21 heavy (non-hydrogen) atoms. The van der Waals surface area contributed by atoms with E-state index < -0.39 is 0 Å². The lowest BCUT2D eigenvalue weighted by molar-refractivity contribution is 0.0948. The molecule has 0 saturated carbocycles. The number of carbonyl (C=O) groups is 1. The molecule has 0 aliphatic carbocycles. The lowest BCUT2D eigenvalue weighted by Crippen LogP contribution is -2.35. The predicted octanol–water partition coefficient (Wildman–Crippen LogP) is 2.88. The maximum Gasteiger partial charge on any atom is 0.251 e. The average molecular weight is 336 g/mol. The van der Waals surface area contributed by atoms with Gasteiger partial charge in [0.15, 0.2) is 0 Å². The summed E-state index contributed by atoms with van der Waals surface area (Å²) in [6, 6.07) is 5.42. The summed E-state index contributed by atoms with van der Waals surface area (Å²) in [4.78, 5) is 14.4. The van der Waals surface area contributed by atoms with E-state index >= 15 is 0 Å². The van der Waals surface area contributed by atoms with Crippen molar-refractivity contribution in [2.75, 3.05) is 31.9 Å². The van der Waals surface area contributed by atoms with Gasteiger partial charge in [-0.2, -0.15) is 0 Å². The first-order valence-corrected chi connectivity index (χ1v) is 6.95. The molecule has 6 heteroatoms. The second-order valence-electron chi connectivity index (χ2n) is 4.76. The summed E-state index contributed by atoms with van der Waals surface area (Å²) in [6.07, 6.45) is 1.14. The molecule has 0 aliphatic rings. The maximum atomic E-state index is 12.1. The minimum Gasteiger partial charge on any atom is -0.399 e. The van der Waals surface area contributed by atoms with E-state index in [-0.39, 0.29) is 30.7 Å². The number of likely N-dealkylation sites (N-methyl/N-ethyl adjacent to an activating group) is 1. The van der Waals surface area contributed by atoms with Gasteiger partial charge in [-0.05, 0) is 44.1 Å². The first kappa shape index (κ1) is 22.3. The summed E-state index contributed by atoms with van der Waals surface area (Å²) in [7, 11) is 0. The predicted molar refractivity (Wildman–Crippen MR) is 94.8 cm³/mol. The van der Waals surface area contributed by atoms with Crippen LogP contribution in [0.15, 0.2) is 18.2 Å². The van der Waals surface area contributed by atoms with Crippen LogP contribution < -0.4 is 11.1 Å². The third-order valence-corrected chi connectivity index (χ3v) is 3.21. The third-order valence-electron chi connectivity index (χ3n) is 3.21. The zero-order chi connectivity index (χ0) is 14.3. The highest BCUT2D eigenvalue weighted by molar-refractivity contribution is 5.96. The van der Waals surface area contributed by atoms with Crippen LogP contribution >= 0.6 is 24.8 Å². The van der Waals surface area contributed by atoms with Crippen LogP contribution in [0.2, 0.25) is 0 Å². The van der Waals surface area contributed by atoms with Crippen molar-refractivity contribution in [3.8, 4) is 0 Å². The zero-order valence-corrected chi connectivity index (χ0v) is 14.6. The van der Waals surface area contributed by atoms with E-state index in [0.717, 1.165) is 31.6 Å². The van der Waals surface area contributed by atoms with Crippen LogP contribution in [0.25, 0.3) is 0 Å². The molecule has 0 aromatic heterocycles. The van der Waals surface area contributed by atoms with Gasteiger partial charge in [-0.25, -0.2) is 0 Å². The number of aryl methyl sites for hydroxylation is 1. The van der Waals surface area contributed by atoms with Gasteiger partial charge in [-0.1, -0.05) is 19.9 Å². The molecule has 1 amide bonds. The van der Waals surface area contributed by atoms with Gasteiger partial charge in [-0.3, -0.25) is 4.79 Å². The van der Waals surface area contributed by atoms with Gasteiger partial charge in [-0.15, -0.1) is 24.8 Å². The van der Waals surface area contributed by atoms with Crippen LogP contribution in [0.5, 0.6) is 0 Å². The highest BCUT2D eigenvalue weighted by Crippen LogP contribution is 2.12. The van der Waals surface area contributed by atoms with Crippen LogP contribution in [0.4, 0.5) is 5.69 Å². The summed E-state index contributed by atoms with van der Waals surface area (Å²) < 4.78 is 0. The molecule has 0 bridgehead atoms. The molecule has 3 N–H and O–H groups in total. The highest BCUT2D eigenvalue weighted by atomic mass is 35.5. The lowest BCUT2D eigenvalue weighted by Gasteiger charge is -2.19. The topological polar surface area (TPSA) is 58.4 Å². The van der Waals surface area contributed by atoms with Gasteiger partial charge in [0.05, 0.1) is 0 Å². The van der Waals surface area contributed by atoms with Gasteiger partial charge in [0.25, 0.3) is 5.91 Å². The molecule has 4 nitrogen and oxygen atoms in total. The number of nitrogen functional groups attached to an aromatic ring is 1. The molecule has 0 fully saturated rings. The van der Waals surface area contributed by atoms with Gasteiger partial charge in [0.1, 0.15) is 0 Å². The van der Waals surface area contributed by atoms with E-state index in [2.05, 4.69) is 24.1 Å². The number of halogens is 2. The molecule has 0 heterocycles. The molecular formula is C15H27Cl2N3O. The number of amides is 1. The largest absolute Gasteiger partial charge is 0.399 e. The quantitative estimate of drug-likeness (QED) is 0.753. The molecule has 0 atom stereocenters. The normalized spacial score (nSPS) is 9.71. The Bertz CT molecular complexity index is 427. The Morgan fingerprint density at radius 1 is 1.24 bits per heavy atom. The van der Waals surface area contributed by atoms with Crippen molar-refractivity contribution in [2.45, 2.75) is 27.2 Å². The number of hydrogen-bond donors (Lipinski definition) is 2. The smallest absolute Gasteiger partial charge is 0.251 e. The molecule has 0 spiro atoms. The number of nitrogens with one attached hydrogen (secondary N) is 1. The number of rotatable bonds is 7. The Kier molecular flexibility index (Phi) is 12.4. The molecule has 1 rings (SSSR count). The minimum absolute atomic E-state index is 0. The molecule has 1 aromatic rings. The lowest BCUT2D eigenvalue weighted by atomic mass is 10.1. The Hall–Kier alpha value is -0.970. The van der Waals surface area contributed by atoms with E-state index in [1.807, 2.05) is 19.1 Å². The first-order chi connectivity index (χ1) is 9.08. The fraction of sp³-hybridized carbons (Fsp3) is 0.533. The summed E-state index contributed by atoms with van der Waals surface area (Å²) in [6.45, 7) is 9.86. The van der Waals surface area contributed by atoms with Gasteiger partial charge in [0, 0.05) is 24.3 Å². The number of anilines is 1. The summed E-state index contributed by atoms with van der Waals surface area (Å²) in [5.74, 6) is -0.0441. The van der Waals surface area contributed by atoms with E-state index in [9.17, 15) is 4.79 Å². The van der Waals surface area contributed by atoms with Crippen LogP contribution in [0.1, 0.15) is 36.2 Å². The summed E-state index contributed by atoms with van der Waals surface area (Å²) in [5, 5.41) is 2.95. The van der Waals surface area contributed by atoms with Crippen molar-refractivity contribution < 1.29 is 4.79 Å². The fourth-order valence-electron chi connectivity index (χ4n) is 2.05. The number of hydrogen-bond acceptors (Lipinski definition) is 3. The van der Waals surface area contributed by atoms with E-state index in [1.54, 1.807) is 6.07 Å². The molecule has 122 valence electrons. The van der Waals surface area contributed by atoms with Crippen LogP contribution in [-0.4, -0.2) is 37.0 Å². The minimum atomic E-state index is -0.0441. The first-order valence-electron chi connectivity index (χ1n) is 6.95. The molecule has 0 saturated heterocycles. The van der Waals surface area contributed by atoms with Gasteiger partial charge in [0.2, 0.25) is 0 Å². The van der Waals surface area contributed by atoms with E-state index in [0.29, 0.717) is 17.8 Å². The third kappa shape index (κ3) is 7.55. The van der Waals surface area contributed by atoms with Crippen molar-refractivity contribution in [2.24, 2.45) is 0 Å². The maximum absolute atomic E-state index is 12.1. The number of nitrogens with two attached hydrogens (primary N) is 1. The molecule has 1 aromatic carbocycles. The Labute approximate surface area is 140 Å². The Balaban J connectivity index is 0.